The van der Waals surface area contributed by atoms with E-state index in [0.29, 0.717) is 6.54 Å². The standard InChI is InChI=1S/C22H18N4O6S/c1-3-25-15-6-4-5-7-17(15)33-18(25)10-14-19(22(29)21(14)28)24-23-11-12-8-13(26(30)31)9-16(32-2)20(12)27/h4-11,24,27H,3H2,1-2H3. The Hall–Kier alpha value is -4.12. The molecule has 3 aromatic rings. The highest BCUT2D eigenvalue weighted by Gasteiger charge is 2.26. The minimum Gasteiger partial charge on any atom is -0.504 e. The van der Waals surface area contributed by atoms with Gasteiger partial charge in [0, 0.05) is 23.1 Å². The van der Waals surface area contributed by atoms with Crippen molar-refractivity contribution in [2.75, 3.05) is 24.0 Å². The van der Waals surface area contributed by atoms with Crippen LogP contribution in [0.25, 0.3) is 6.08 Å². The van der Waals surface area contributed by atoms with E-state index in [9.17, 15) is 24.8 Å². The number of hydrogen-bond acceptors (Lipinski definition) is 10. The minimum absolute atomic E-state index is 0.00566. The summed E-state index contributed by atoms with van der Waals surface area (Å²) in [5.74, 6) is -0.442. The number of nitrogens with one attached hydrogen (secondary N) is 1. The lowest BCUT2D eigenvalue weighted by molar-refractivity contribution is -0.385. The lowest BCUT2D eigenvalue weighted by atomic mass is 10.1. The number of hydrazone groups is 1. The molecule has 0 aromatic heterocycles. The van der Waals surface area contributed by atoms with Crippen LogP contribution < -0.4 is 25.9 Å². The molecule has 1 aliphatic heterocycles. The lowest BCUT2D eigenvalue weighted by Crippen LogP contribution is -2.36. The van der Waals surface area contributed by atoms with Gasteiger partial charge in [-0.15, -0.1) is 0 Å². The van der Waals surface area contributed by atoms with E-state index >= 15 is 0 Å². The van der Waals surface area contributed by atoms with E-state index < -0.39 is 15.8 Å². The molecule has 0 bridgehead atoms. The zero-order chi connectivity index (χ0) is 23.7. The molecule has 0 saturated carbocycles. The van der Waals surface area contributed by atoms with Gasteiger partial charge >= 0.3 is 0 Å². The number of thioether (sulfide) groups is 1. The summed E-state index contributed by atoms with van der Waals surface area (Å²) < 4.78 is 4.95. The number of methoxy groups -OCH3 is 1. The number of nitro groups is 1. The average molecular weight is 466 g/mol. The summed E-state index contributed by atoms with van der Waals surface area (Å²) in [5, 5.41) is 26.0. The highest BCUT2D eigenvalue weighted by atomic mass is 32.2. The van der Waals surface area contributed by atoms with Gasteiger partial charge in [0.1, 0.15) is 5.69 Å². The molecule has 0 radical (unpaired) electrons. The number of phenolic OH excluding ortho intramolecular Hbond substituents is 1. The maximum absolute atomic E-state index is 12.2. The molecule has 168 valence electrons. The second-order valence-electron chi connectivity index (χ2n) is 6.96. The largest absolute Gasteiger partial charge is 0.504 e. The molecule has 1 aliphatic rings. The number of fused-ring (bicyclic) bond motifs is 1. The number of nitro benzene ring substituents is 1. The maximum Gasteiger partial charge on any atom is 0.274 e. The van der Waals surface area contributed by atoms with Gasteiger partial charge in [0.25, 0.3) is 11.1 Å². The van der Waals surface area contributed by atoms with Crippen molar-refractivity contribution in [3.8, 4) is 11.5 Å². The van der Waals surface area contributed by atoms with Crippen molar-refractivity contribution in [2.24, 2.45) is 5.10 Å². The summed E-state index contributed by atoms with van der Waals surface area (Å²) in [4.78, 5) is 37.9. The van der Waals surface area contributed by atoms with Crippen LogP contribution >= 0.6 is 11.8 Å². The molecule has 0 saturated heterocycles. The van der Waals surface area contributed by atoms with Crippen LogP contribution in [0.1, 0.15) is 18.1 Å². The Labute approximate surface area is 191 Å². The van der Waals surface area contributed by atoms with Crippen molar-refractivity contribution in [3.05, 3.63) is 83.1 Å². The quantitative estimate of drug-likeness (QED) is 0.233. The molecule has 0 aliphatic carbocycles. The summed E-state index contributed by atoms with van der Waals surface area (Å²) in [6.45, 7) is 2.67. The number of hydrogen-bond donors (Lipinski definition) is 2. The molecule has 10 nitrogen and oxygen atoms in total. The van der Waals surface area contributed by atoms with E-state index in [4.69, 9.17) is 4.74 Å². The van der Waals surface area contributed by atoms with E-state index in [1.807, 2.05) is 36.1 Å². The van der Waals surface area contributed by atoms with E-state index in [0.717, 1.165) is 34.0 Å². The fourth-order valence-electron chi connectivity index (χ4n) is 3.41. The number of anilines is 2. The predicted octanol–water partition coefficient (Wildman–Crippen LogP) is 3.28. The Morgan fingerprint density at radius 3 is 2.73 bits per heavy atom. The van der Waals surface area contributed by atoms with Gasteiger partial charge in [-0.2, -0.15) is 5.10 Å². The Morgan fingerprint density at radius 2 is 2.03 bits per heavy atom. The molecule has 33 heavy (non-hydrogen) atoms. The first kappa shape index (κ1) is 22.1. The van der Waals surface area contributed by atoms with Crippen LogP contribution in [0.15, 0.2) is 61.0 Å². The van der Waals surface area contributed by atoms with Gasteiger partial charge in [-0.25, -0.2) is 0 Å². The van der Waals surface area contributed by atoms with Crippen LogP contribution in [0.5, 0.6) is 11.5 Å². The number of aromatic hydroxyl groups is 1. The third-order valence-corrected chi connectivity index (χ3v) is 6.18. The molecular formula is C22H18N4O6S. The molecular weight excluding hydrogens is 448 g/mol. The molecule has 0 atom stereocenters. The van der Waals surface area contributed by atoms with Crippen LogP contribution in [-0.2, 0) is 0 Å². The molecule has 0 amide bonds. The van der Waals surface area contributed by atoms with Crippen molar-refractivity contribution in [1.82, 2.24) is 0 Å². The lowest BCUT2D eigenvalue weighted by Gasteiger charge is -2.18. The second-order valence-corrected chi connectivity index (χ2v) is 8.02. The Morgan fingerprint density at radius 1 is 1.27 bits per heavy atom. The molecule has 0 fully saturated rings. The molecule has 3 aromatic carbocycles. The molecule has 4 rings (SSSR count). The van der Waals surface area contributed by atoms with Gasteiger partial charge in [-0.3, -0.25) is 25.1 Å². The van der Waals surface area contributed by atoms with Gasteiger partial charge in [0.05, 0.1) is 40.6 Å². The van der Waals surface area contributed by atoms with Crippen LogP contribution in [-0.4, -0.2) is 29.9 Å². The number of non-ortho nitro benzene ring substituents is 1. The zero-order valence-corrected chi connectivity index (χ0v) is 18.4. The smallest absolute Gasteiger partial charge is 0.274 e. The SMILES string of the molecule is CCN1C(=Cc2c(NN=Cc3cc([N+](=O)[O-])cc(OC)c3O)c(=O)c2=O)Sc2ccccc21. The highest BCUT2D eigenvalue weighted by molar-refractivity contribution is 8.03. The molecule has 1 heterocycles. The van der Waals surface area contributed by atoms with Crippen LogP contribution in [0.3, 0.4) is 0 Å². The summed E-state index contributed by atoms with van der Waals surface area (Å²) in [6, 6.07) is 10.0. The summed E-state index contributed by atoms with van der Waals surface area (Å²) in [5.41, 5.74) is 2.10. The zero-order valence-electron chi connectivity index (χ0n) is 17.6. The van der Waals surface area contributed by atoms with Crippen LogP contribution in [0.4, 0.5) is 17.1 Å². The van der Waals surface area contributed by atoms with Crippen molar-refractivity contribution in [1.29, 1.82) is 0 Å². The van der Waals surface area contributed by atoms with Crippen molar-refractivity contribution < 1.29 is 14.8 Å². The van der Waals surface area contributed by atoms with Gasteiger partial charge in [-0.05, 0) is 25.1 Å². The number of rotatable bonds is 7. The van der Waals surface area contributed by atoms with Crippen molar-refractivity contribution in [2.45, 2.75) is 11.8 Å². The van der Waals surface area contributed by atoms with E-state index in [1.54, 1.807) is 6.08 Å². The van der Waals surface area contributed by atoms with E-state index in [2.05, 4.69) is 10.5 Å². The number of benzene rings is 2. The molecule has 0 unspecified atom stereocenters. The maximum atomic E-state index is 12.2. The van der Waals surface area contributed by atoms with Gasteiger partial charge in [0.15, 0.2) is 11.5 Å². The Balaban J connectivity index is 1.61. The number of nitrogens with zero attached hydrogens (tertiary/aromatic N) is 3. The first-order chi connectivity index (χ1) is 15.8. The first-order valence-corrected chi connectivity index (χ1v) is 10.6. The summed E-state index contributed by atoms with van der Waals surface area (Å²) >= 11 is 1.50. The van der Waals surface area contributed by atoms with Gasteiger partial charge in [0.2, 0.25) is 5.43 Å². The molecule has 2 N–H and O–H groups in total. The number of para-hydroxylation sites is 1. The third-order valence-electron chi connectivity index (χ3n) is 5.07. The monoisotopic (exact) mass is 466 g/mol. The van der Waals surface area contributed by atoms with E-state index in [1.165, 1.54) is 18.9 Å². The Bertz CT molecular complexity index is 1390. The fraction of sp³-hybridized carbons (Fsp3) is 0.136. The molecule has 11 heteroatoms. The van der Waals surface area contributed by atoms with Gasteiger partial charge in [-0.1, -0.05) is 23.9 Å². The van der Waals surface area contributed by atoms with Gasteiger partial charge < -0.3 is 14.7 Å². The first-order valence-electron chi connectivity index (χ1n) is 9.79. The molecule has 0 spiro atoms. The minimum atomic E-state index is -0.719. The topological polar surface area (TPSA) is 134 Å². The fourth-order valence-corrected chi connectivity index (χ4v) is 4.58. The summed E-state index contributed by atoms with van der Waals surface area (Å²) in [7, 11) is 1.26. The second kappa shape index (κ2) is 8.79. The number of phenols is 1. The number of ether oxygens (including phenoxy) is 1. The van der Waals surface area contributed by atoms with E-state index in [-0.39, 0.29) is 34.0 Å². The highest BCUT2D eigenvalue weighted by Crippen LogP contribution is 2.46. The average Bonchev–Trinajstić information content (AvgIpc) is 3.18. The predicted molar refractivity (Wildman–Crippen MR) is 127 cm³/mol. The summed E-state index contributed by atoms with van der Waals surface area (Å²) in [6.07, 6.45) is 2.75. The Kier molecular flexibility index (Phi) is 5.88. The van der Waals surface area contributed by atoms with Crippen LogP contribution in [0, 0.1) is 10.1 Å². The van der Waals surface area contributed by atoms with Crippen molar-refractivity contribution in [3.63, 3.8) is 0 Å². The normalized spacial score (nSPS) is 14.2. The third kappa shape index (κ3) is 3.94. The van der Waals surface area contributed by atoms with Crippen LogP contribution in [0.2, 0.25) is 0 Å². The van der Waals surface area contributed by atoms with Crippen molar-refractivity contribution >= 4 is 41.1 Å².